The summed E-state index contributed by atoms with van der Waals surface area (Å²) in [6.45, 7) is 1.19. The summed E-state index contributed by atoms with van der Waals surface area (Å²) in [7, 11) is 0. The molecule has 0 saturated carbocycles. The highest BCUT2D eigenvalue weighted by atomic mass is 15.6. The van der Waals surface area contributed by atoms with Crippen LogP contribution in [0.5, 0.6) is 0 Å². The number of nitrogens with zero attached hydrogens (tertiary/aromatic N) is 4. The van der Waals surface area contributed by atoms with Crippen LogP contribution in [-0.2, 0) is 0 Å². The minimum Gasteiger partial charge on any atom is -0.329 e. The molecule has 0 radical (unpaired) electrons. The molecule has 10 heavy (non-hydrogen) atoms. The summed E-state index contributed by atoms with van der Waals surface area (Å²) in [4.78, 5) is 0. The fraction of sp³-hybridized carbons (Fsp3) is 0.667. The van der Waals surface area contributed by atoms with Crippen molar-refractivity contribution in [3.63, 3.8) is 0 Å². The molecule has 5 N–H and O–H groups in total. The Morgan fingerprint density at radius 2 is 1.50 bits per heavy atom. The third kappa shape index (κ3) is 4.94. The predicted octanol–water partition coefficient (Wildman–Crippen LogP) is -0.342. The van der Waals surface area contributed by atoms with Gasteiger partial charge in [-0.25, -0.2) is 0 Å². The van der Waals surface area contributed by atoms with E-state index in [1.807, 2.05) is 0 Å². The number of hydrogen-bond donors (Lipinski definition) is 3. The minimum atomic E-state index is -0.130. The highest BCUT2D eigenvalue weighted by molar-refractivity contribution is 5.77. The average Bonchev–Trinajstić information content (AvgIpc) is 2.40. The first-order valence-corrected chi connectivity index (χ1v) is 2.61. The molecule has 0 bridgehead atoms. The van der Waals surface area contributed by atoms with Crippen molar-refractivity contribution in [2.75, 3.05) is 13.1 Å². The SMILES string of the molecule is N=C1N=NN=N1.NCCN. The lowest BCUT2D eigenvalue weighted by molar-refractivity contribution is 0.976. The van der Waals surface area contributed by atoms with Gasteiger partial charge in [0.2, 0.25) is 0 Å². The minimum absolute atomic E-state index is 0.130. The summed E-state index contributed by atoms with van der Waals surface area (Å²) in [6, 6.07) is 0. The molecule has 0 aromatic carbocycles. The Morgan fingerprint density at radius 3 is 1.60 bits per heavy atom. The Morgan fingerprint density at radius 1 is 1.10 bits per heavy atom. The van der Waals surface area contributed by atoms with Gasteiger partial charge in [0.05, 0.1) is 0 Å². The quantitative estimate of drug-likeness (QED) is 0.464. The lowest BCUT2D eigenvalue weighted by atomic mass is 10.7. The van der Waals surface area contributed by atoms with Gasteiger partial charge < -0.3 is 11.5 Å². The van der Waals surface area contributed by atoms with E-state index in [1.165, 1.54) is 0 Å². The second kappa shape index (κ2) is 5.92. The van der Waals surface area contributed by atoms with Crippen LogP contribution in [0.15, 0.2) is 20.7 Å². The molecule has 7 nitrogen and oxygen atoms in total. The normalized spacial score (nSPS) is 13.2. The lowest BCUT2D eigenvalue weighted by Gasteiger charge is -1.72. The summed E-state index contributed by atoms with van der Waals surface area (Å²) in [5, 5.41) is 18.8. The van der Waals surface area contributed by atoms with Crippen LogP contribution in [0.3, 0.4) is 0 Å². The Kier molecular flexibility index (Phi) is 5.20. The number of nitrogens with two attached hydrogens (primary N) is 2. The Bertz CT molecular complexity index is 131. The van der Waals surface area contributed by atoms with Gasteiger partial charge in [-0.3, -0.25) is 5.41 Å². The number of guanidine groups is 1. The van der Waals surface area contributed by atoms with Crippen LogP contribution in [0.4, 0.5) is 0 Å². The highest BCUT2D eigenvalue weighted by Gasteiger charge is 1.90. The first-order valence-electron chi connectivity index (χ1n) is 2.61. The van der Waals surface area contributed by atoms with Crippen molar-refractivity contribution in [1.29, 1.82) is 5.41 Å². The van der Waals surface area contributed by atoms with Crippen LogP contribution in [0.2, 0.25) is 0 Å². The smallest absolute Gasteiger partial charge is 0.284 e. The Balaban J connectivity index is 0.000000180. The van der Waals surface area contributed by atoms with Crippen LogP contribution >= 0.6 is 0 Å². The maximum absolute atomic E-state index is 6.53. The van der Waals surface area contributed by atoms with E-state index in [1.54, 1.807) is 0 Å². The van der Waals surface area contributed by atoms with Gasteiger partial charge in [-0.15, -0.1) is 0 Å². The molecule has 0 aliphatic carbocycles. The zero-order chi connectivity index (χ0) is 7.82. The third-order valence-corrected chi connectivity index (χ3v) is 0.486. The predicted molar refractivity (Wildman–Crippen MR) is 35.5 cm³/mol. The molecule has 56 valence electrons. The first kappa shape index (κ1) is 8.79. The highest BCUT2D eigenvalue weighted by Crippen LogP contribution is 1.92. The van der Waals surface area contributed by atoms with Gasteiger partial charge in [0, 0.05) is 13.1 Å². The van der Waals surface area contributed by atoms with Crippen LogP contribution < -0.4 is 11.5 Å². The van der Waals surface area contributed by atoms with E-state index in [4.69, 9.17) is 16.9 Å². The first-order chi connectivity index (χ1) is 4.81. The summed E-state index contributed by atoms with van der Waals surface area (Å²) in [5.41, 5.74) is 9.81. The van der Waals surface area contributed by atoms with E-state index in [0.29, 0.717) is 13.1 Å². The Labute approximate surface area is 57.7 Å². The zero-order valence-corrected chi connectivity index (χ0v) is 5.36. The monoisotopic (exact) mass is 143 g/mol. The third-order valence-electron chi connectivity index (χ3n) is 0.486. The average molecular weight is 143 g/mol. The molecule has 0 unspecified atom stereocenters. The molecular weight excluding hydrogens is 134 g/mol. The van der Waals surface area contributed by atoms with E-state index >= 15 is 0 Å². The van der Waals surface area contributed by atoms with Crippen LogP contribution in [0.1, 0.15) is 0 Å². The molecular formula is C3H9N7. The van der Waals surface area contributed by atoms with Gasteiger partial charge in [0.1, 0.15) is 0 Å². The van der Waals surface area contributed by atoms with Gasteiger partial charge in [-0.1, -0.05) is 10.2 Å². The van der Waals surface area contributed by atoms with Gasteiger partial charge in [0.25, 0.3) is 5.96 Å². The molecule has 1 aliphatic rings. The van der Waals surface area contributed by atoms with Gasteiger partial charge in [-0.05, 0) is 10.4 Å². The van der Waals surface area contributed by atoms with Crippen molar-refractivity contribution in [2.24, 2.45) is 32.1 Å². The molecule has 0 aromatic rings. The summed E-state index contributed by atoms with van der Waals surface area (Å²) in [5.74, 6) is -0.130. The maximum Gasteiger partial charge on any atom is 0.284 e. The van der Waals surface area contributed by atoms with E-state index in [9.17, 15) is 0 Å². The van der Waals surface area contributed by atoms with Crippen molar-refractivity contribution in [3.05, 3.63) is 0 Å². The van der Waals surface area contributed by atoms with Gasteiger partial charge in [0.15, 0.2) is 0 Å². The molecule has 1 aliphatic heterocycles. The van der Waals surface area contributed by atoms with Crippen molar-refractivity contribution < 1.29 is 0 Å². The largest absolute Gasteiger partial charge is 0.329 e. The van der Waals surface area contributed by atoms with Crippen molar-refractivity contribution in [3.8, 4) is 0 Å². The molecule has 1 heterocycles. The number of rotatable bonds is 1. The van der Waals surface area contributed by atoms with Crippen LogP contribution in [-0.4, -0.2) is 19.0 Å². The molecule has 0 aromatic heterocycles. The fourth-order valence-electron chi connectivity index (χ4n) is 0.145. The number of hydrogen-bond acceptors (Lipinski definition) is 5. The Hall–Kier alpha value is -1.21. The lowest BCUT2D eigenvalue weighted by Crippen LogP contribution is -2.11. The fourth-order valence-corrected chi connectivity index (χ4v) is 0.145. The molecule has 0 spiro atoms. The van der Waals surface area contributed by atoms with Crippen LogP contribution in [0, 0.1) is 5.41 Å². The van der Waals surface area contributed by atoms with E-state index in [0.717, 1.165) is 0 Å². The molecule has 0 saturated heterocycles. The molecule has 7 heteroatoms. The second-order valence-electron chi connectivity index (χ2n) is 1.28. The van der Waals surface area contributed by atoms with E-state index < -0.39 is 0 Å². The number of nitrogens with one attached hydrogen (secondary N) is 1. The van der Waals surface area contributed by atoms with Crippen LogP contribution in [0.25, 0.3) is 0 Å². The van der Waals surface area contributed by atoms with Crippen molar-refractivity contribution >= 4 is 5.96 Å². The van der Waals surface area contributed by atoms with Crippen molar-refractivity contribution in [1.82, 2.24) is 0 Å². The topological polar surface area (TPSA) is 125 Å². The molecule has 0 amide bonds. The van der Waals surface area contributed by atoms with E-state index in [-0.39, 0.29) is 5.96 Å². The summed E-state index contributed by atoms with van der Waals surface area (Å²) < 4.78 is 0. The summed E-state index contributed by atoms with van der Waals surface area (Å²) >= 11 is 0. The van der Waals surface area contributed by atoms with E-state index in [2.05, 4.69) is 20.7 Å². The zero-order valence-electron chi connectivity index (χ0n) is 5.36. The second-order valence-corrected chi connectivity index (χ2v) is 1.28. The maximum atomic E-state index is 6.53. The summed E-state index contributed by atoms with van der Waals surface area (Å²) in [6.07, 6.45) is 0. The van der Waals surface area contributed by atoms with Crippen molar-refractivity contribution in [2.45, 2.75) is 0 Å². The molecule has 1 rings (SSSR count). The standard InChI is InChI=1S/C2H8N2.CHN5/c3-1-2-4;2-1-3-5-6-4-1/h1-4H2;2H. The van der Waals surface area contributed by atoms with Gasteiger partial charge >= 0.3 is 0 Å². The van der Waals surface area contributed by atoms with Gasteiger partial charge in [-0.2, -0.15) is 0 Å². The molecule has 0 atom stereocenters. The molecule has 0 fully saturated rings.